The zero-order valence-corrected chi connectivity index (χ0v) is 16.5. The minimum Gasteiger partial charge on any atom is -0.366 e. The Morgan fingerprint density at radius 1 is 1.19 bits per heavy atom. The van der Waals surface area contributed by atoms with Crippen LogP contribution in [0.4, 0.5) is 18.9 Å². The fraction of sp³-hybridized carbons (Fsp3) is 0.350. The highest BCUT2D eigenvalue weighted by Gasteiger charge is 2.37. The van der Waals surface area contributed by atoms with E-state index < -0.39 is 35.6 Å². The van der Waals surface area contributed by atoms with Crippen LogP contribution in [0.3, 0.4) is 0 Å². The predicted molar refractivity (Wildman–Crippen MR) is 103 cm³/mol. The number of halogens is 3. The SMILES string of the molecule is C[C@@H]1CC[C@@H](c2ccnc(C(F)(F)F)c2)N(C(=O)C(=O)Nc2cncc(C(N)=O)c2)C1. The molecule has 3 amide bonds. The van der Waals surface area contributed by atoms with Gasteiger partial charge in [0, 0.05) is 18.9 Å². The van der Waals surface area contributed by atoms with Gasteiger partial charge >= 0.3 is 18.0 Å². The average Bonchev–Trinajstić information content (AvgIpc) is 2.72. The lowest BCUT2D eigenvalue weighted by molar-refractivity contribution is -0.146. The summed E-state index contributed by atoms with van der Waals surface area (Å²) in [6.45, 7) is 2.10. The molecule has 2 atom stereocenters. The molecule has 0 aliphatic carbocycles. The molecule has 3 heterocycles. The summed E-state index contributed by atoms with van der Waals surface area (Å²) >= 11 is 0. The van der Waals surface area contributed by atoms with Crippen molar-refractivity contribution in [1.82, 2.24) is 14.9 Å². The molecule has 2 aromatic rings. The number of nitrogens with two attached hydrogens (primary N) is 1. The maximum absolute atomic E-state index is 13.1. The summed E-state index contributed by atoms with van der Waals surface area (Å²) in [5.41, 5.74) is 4.52. The number of pyridine rings is 2. The molecule has 0 spiro atoms. The molecule has 1 saturated heterocycles. The van der Waals surface area contributed by atoms with E-state index in [0.29, 0.717) is 12.8 Å². The van der Waals surface area contributed by atoms with Crippen LogP contribution in [0.1, 0.15) is 47.4 Å². The first-order chi connectivity index (χ1) is 14.6. The highest BCUT2D eigenvalue weighted by Crippen LogP contribution is 2.36. The van der Waals surface area contributed by atoms with Gasteiger partial charge in [-0.2, -0.15) is 13.2 Å². The minimum absolute atomic E-state index is 0.0474. The van der Waals surface area contributed by atoms with E-state index in [9.17, 15) is 27.6 Å². The number of anilines is 1. The maximum Gasteiger partial charge on any atom is 0.433 e. The molecule has 1 fully saturated rings. The molecule has 0 bridgehead atoms. The number of likely N-dealkylation sites (tertiary alicyclic amines) is 1. The van der Waals surface area contributed by atoms with Crippen molar-refractivity contribution in [1.29, 1.82) is 0 Å². The first-order valence-corrected chi connectivity index (χ1v) is 9.46. The predicted octanol–water partition coefficient (Wildman–Crippen LogP) is 2.53. The fourth-order valence-electron chi connectivity index (χ4n) is 3.49. The second-order valence-electron chi connectivity index (χ2n) is 7.41. The van der Waals surface area contributed by atoms with Gasteiger partial charge in [-0.25, -0.2) is 0 Å². The van der Waals surface area contributed by atoms with Crippen molar-refractivity contribution < 1.29 is 27.6 Å². The summed E-state index contributed by atoms with van der Waals surface area (Å²) in [5, 5.41) is 2.36. The molecular weight excluding hydrogens is 415 g/mol. The van der Waals surface area contributed by atoms with Gasteiger partial charge in [0.2, 0.25) is 5.91 Å². The molecule has 11 heteroatoms. The van der Waals surface area contributed by atoms with Crippen LogP contribution in [0.5, 0.6) is 0 Å². The lowest BCUT2D eigenvalue weighted by Crippen LogP contribution is -2.46. The Bertz CT molecular complexity index is 1010. The highest BCUT2D eigenvalue weighted by molar-refractivity contribution is 6.39. The zero-order valence-electron chi connectivity index (χ0n) is 16.5. The Morgan fingerprint density at radius 2 is 1.94 bits per heavy atom. The van der Waals surface area contributed by atoms with E-state index in [1.165, 1.54) is 29.4 Å². The molecule has 1 aliphatic heterocycles. The van der Waals surface area contributed by atoms with Crippen LogP contribution in [0, 0.1) is 5.92 Å². The van der Waals surface area contributed by atoms with Crippen LogP contribution in [-0.2, 0) is 15.8 Å². The molecule has 31 heavy (non-hydrogen) atoms. The van der Waals surface area contributed by atoms with Crippen LogP contribution >= 0.6 is 0 Å². The lowest BCUT2D eigenvalue weighted by atomic mass is 9.90. The number of carbonyl (C=O) groups excluding carboxylic acids is 3. The molecule has 0 radical (unpaired) electrons. The van der Waals surface area contributed by atoms with Crippen molar-refractivity contribution in [3.8, 4) is 0 Å². The van der Waals surface area contributed by atoms with E-state index in [0.717, 1.165) is 12.3 Å². The number of amides is 3. The summed E-state index contributed by atoms with van der Waals surface area (Å²) in [4.78, 5) is 45.1. The molecule has 2 aromatic heterocycles. The summed E-state index contributed by atoms with van der Waals surface area (Å²) in [6.07, 6.45) is -0.0384. The number of carbonyl (C=O) groups is 3. The van der Waals surface area contributed by atoms with Crippen molar-refractivity contribution in [3.05, 3.63) is 53.6 Å². The second-order valence-corrected chi connectivity index (χ2v) is 7.41. The number of rotatable bonds is 3. The largest absolute Gasteiger partial charge is 0.433 e. The molecule has 3 rings (SSSR count). The average molecular weight is 435 g/mol. The summed E-state index contributed by atoms with van der Waals surface area (Å²) in [5.74, 6) is -2.58. The van der Waals surface area contributed by atoms with Crippen LogP contribution in [0.25, 0.3) is 0 Å². The van der Waals surface area contributed by atoms with Gasteiger partial charge in [0.05, 0.1) is 23.5 Å². The first-order valence-electron chi connectivity index (χ1n) is 9.46. The maximum atomic E-state index is 13.1. The van der Waals surface area contributed by atoms with Crippen LogP contribution in [0.15, 0.2) is 36.8 Å². The second kappa shape index (κ2) is 8.70. The number of hydrogen-bond donors (Lipinski definition) is 2. The molecule has 1 aliphatic rings. The van der Waals surface area contributed by atoms with Crippen molar-refractivity contribution in [2.45, 2.75) is 32.0 Å². The third-order valence-corrected chi connectivity index (χ3v) is 5.01. The number of hydrogen-bond acceptors (Lipinski definition) is 5. The van der Waals surface area contributed by atoms with Crippen molar-refractivity contribution in [2.75, 3.05) is 11.9 Å². The van der Waals surface area contributed by atoms with E-state index in [4.69, 9.17) is 5.73 Å². The number of piperidine rings is 1. The fourth-order valence-corrected chi connectivity index (χ4v) is 3.49. The monoisotopic (exact) mass is 435 g/mol. The molecule has 0 unspecified atom stereocenters. The molecule has 164 valence electrons. The smallest absolute Gasteiger partial charge is 0.366 e. The zero-order chi connectivity index (χ0) is 22.8. The van der Waals surface area contributed by atoms with Crippen molar-refractivity contribution in [2.24, 2.45) is 11.7 Å². The number of aromatic nitrogens is 2. The molecule has 0 aromatic carbocycles. The Balaban J connectivity index is 1.84. The normalized spacial score (nSPS) is 19.0. The Morgan fingerprint density at radius 3 is 2.61 bits per heavy atom. The first kappa shape index (κ1) is 22.2. The van der Waals surface area contributed by atoms with Gasteiger partial charge in [0.15, 0.2) is 0 Å². The number of nitrogens with zero attached hydrogens (tertiary/aromatic N) is 3. The van der Waals surface area contributed by atoms with E-state index in [1.54, 1.807) is 0 Å². The summed E-state index contributed by atoms with van der Waals surface area (Å²) < 4.78 is 39.2. The standard InChI is InChI=1S/C20H20F3N5O3/c1-11-2-3-15(12-4-5-26-16(7-12)20(21,22)23)28(10-11)19(31)18(30)27-14-6-13(17(24)29)8-25-9-14/h4-9,11,15H,2-3,10H2,1H3,(H2,24,29)(H,27,30)/t11-,15+/m1/s1. The van der Waals surface area contributed by atoms with Crippen LogP contribution in [0.2, 0.25) is 0 Å². The number of alkyl halides is 3. The van der Waals surface area contributed by atoms with Gasteiger partial charge in [0.1, 0.15) is 5.69 Å². The van der Waals surface area contributed by atoms with E-state index in [-0.39, 0.29) is 29.3 Å². The Labute approximate surface area is 175 Å². The Hall–Kier alpha value is -3.50. The quantitative estimate of drug-likeness (QED) is 0.719. The van der Waals surface area contributed by atoms with Gasteiger partial charge in [-0.1, -0.05) is 6.92 Å². The van der Waals surface area contributed by atoms with Gasteiger partial charge in [0.25, 0.3) is 0 Å². The van der Waals surface area contributed by atoms with Crippen molar-refractivity contribution in [3.63, 3.8) is 0 Å². The Kier molecular flexibility index (Phi) is 6.23. The molecule has 0 saturated carbocycles. The third-order valence-electron chi connectivity index (χ3n) is 5.01. The molecule has 3 N–H and O–H groups in total. The van der Waals surface area contributed by atoms with Crippen molar-refractivity contribution >= 4 is 23.4 Å². The number of primary amides is 1. The van der Waals surface area contributed by atoms with E-state index in [2.05, 4.69) is 15.3 Å². The van der Waals surface area contributed by atoms with Crippen LogP contribution < -0.4 is 11.1 Å². The lowest BCUT2D eigenvalue weighted by Gasteiger charge is -2.38. The van der Waals surface area contributed by atoms with Gasteiger partial charge in [-0.3, -0.25) is 24.4 Å². The third kappa shape index (κ3) is 5.16. The van der Waals surface area contributed by atoms with Gasteiger partial charge < -0.3 is 16.0 Å². The minimum atomic E-state index is -4.62. The summed E-state index contributed by atoms with van der Waals surface area (Å²) in [7, 11) is 0. The molecular formula is C20H20F3N5O3. The van der Waals surface area contributed by atoms with Gasteiger partial charge in [-0.05, 0) is 42.5 Å². The van der Waals surface area contributed by atoms with Crippen LogP contribution in [-0.4, -0.2) is 39.1 Å². The highest BCUT2D eigenvalue weighted by atomic mass is 19.4. The molecule has 8 nitrogen and oxygen atoms in total. The number of nitrogens with one attached hydrogen (secondary N) is 1. The van der Waals surface area contributed by atoms with E-state index in [1.807, 2.05) is 6.92 Å². The van der Waals surface area contributed by atoms with Gasteiger partial charge in [-0.15, -0.1) is 0 Å². The topological polar surface area (TPSA) is 118 Å². The summed E-state index contributed by atoms with van der Waals surface area (Å²) in [6, 6.07) is 2.89. The van der Waals surface area contributed by atoms with E-state index >= 15 is 0 Å².